The lowest BCUT2D eigenvalue weighted by Crippen LogP contribution is -2.38. The lowest BCUT2D eigenvalue weighted by atomic mass is 10.1. The quantitative estimate of drug-likeness (QED) is 0.645. The fraction of sp³-hybridized carbons (Fsp3) is 0.250. The number of aromatic nitrogens is 2. The summed E-state index contributed by atoms with van der Waals surface area (Å²) in [5.74, 6) is 3.58. The van der Waals surface area contributed by atoms with E-state index in [-0.39, 0.29) is 17.7 Å². The number of hydrogen-bond acceptors (Lipinski definition) is 6. The highest BCUT2D eigenvalue weighted by Crippen LogP contribution is 2.26. The smallest absolute Gasteiger partial charge is 0.165 e. The Morgan fingerprint density at radius 3 is 2.58 bits per heavy atom. The van der Waals surface area contributed by atoms with E-state index in [1.165, 1.54) is 13.2 Å². The van der Waals surface area contributed by atoms with Gasteiger partial charge in [0.15, 0.2) is 17.4 Å². The van der Waals surface area contributed by atoms with Crippen molar-refractivity contribution < 1.29 is 19.0 Å². The number of piperidine rings is 1. The van der Waals surface area contributed by atoms with Crippen molar-refractivity contribution in [2.45, 2.75) is 18.9 Å². The van der Waals surface area contributed by atoms with Gasteiger partial charge >= 0.3 is 0 Å². The second-order valence-electron chi connectivity index (χ2n) is 7.17. The molecule has 2 aromatic carbocycles. The maximum absolute atomic E-state index is 13.8. The Morgan fingerprint density at radius 2 is 1.87 bits per heavy atom. The van der Waals surface area contributed by atoms with Crippen LogP contribution < -0.4 is 9.64 Å². The van der Waals surface area contributed by atoms with Gasteiger partial charge in [0, 0.05) is 31.5 Å². The van der Waals surface area contributed by atoms with Crippen LogP contribution in [-0.4, -0.2) is 41.6 Å². The lowest BCUT2D eigenvalue weighted by molar-refractivity contribution is 0.163. The molecule has 0 bridgehead atoms. The molecule has 1 aliphatic rings. The summed E-state index contributed by atoms with van der Waals surface area (Å²) in [5.41, 5.74) is 1.94. The van der Waals surface area contributed by atoms with Gasteiger partial charge in [-0.1, -0.05) is 12.1 Å². The summed E-state index contributed by atoms with van der Waals surface area (Å²) >= 11 is 0. The van der Waals surface area contributed by atoms with Crippen molar-refractivity contribution in [3.8, 4) is 34.8 Å². The predicted molar refractivity (Wildman–Crippen MR) is 115 cm³/mol. The van der Waals surface area contributed by atoms with Gasteiger partial charge in [0.05, 0.1) is 18.4 Å². The number of ether oxygens (including phenoxy) is 2. The third-order valence-corrected chi connectivity index (χ3v) is 5.13. The Balaban J connectivity index is 1.40. The maximum Gasteiger partial charge on any atom is 0.165 e. The molecule has 0 aliphatic carbocycles. The molecule has 0 unspecified atom stereocenters. The van der Waals surface area contributed by atoms with Crippen LogP contribution in [0.4, 0.5) is 10.2 Å². The number of rotatable bonds is 4. The van der Waals surface area contributed by atoms with E-state index >= 15 is 0 Å². The average molecular weight is 419 g/mol. The molecule has 0 saturated carbocycles. The van der Waals surface area contributed by atoms with Crippen molar-refractivity contribution in [1.29, 1.82) is 0 Å². The summed E-state index contributed by atoms with van der Waals surface area (Å²) < 4.78 is 24.4. The van der Waals surface area contributed by atoms with Crippen molar-refractivity contribution in [2.75, 3.05) is 25.1 Å². The zero-order valence-corrected chi connectivity index (χ0v) is 17.1. The molecule has 0 spiro atoms. The van der Waals surface area contributed by atoms with E-state index in [2.05, 4.69) is 27.1 Å². The van der Waals surface area contributed by atoms with E-state index in [1.54, 1.807) is 36.4 Å². The molecule has 0 radical (unpaired) electrons. The van der Waals surface area contributed by atoms with Crippen molar-refractivity contribution in [2.24, 2.45) is 0 Å². The molecular formula is C24H22FN3O3. The minimum absolute atomic E-state index is 0.0241. The van der Waals surface area contributed by atoms with Crippen LogP contribution in [0.1, 0.15) is 18.4 Å². The van der Waals surface area contributed by atoms with Gasteiger partial charge in [-0.05, 0) is 48.4 Å². The fourth-order valence-electron chi connectivity index (χ4n) is 3.47. The fourth-order valence-corrected chi connectivity index (χ4v) is 3.47. The van der Waals surface area contributed by atoms with Gasteiger partial charge in [0.1, 0.15) is 18.0 Å². The Labute approximate surface area is 180 Å². The number of para-hydroxylation sites is 1. The molecule has 4 rings (SSSR count). The topological polar surface area (TPSA) is 67.7 Å². The molecule has 0 atom stereocenters. The summed E-state index contributed by atoms with van der Waals surface area (Å²) in [7, 11) is 1.47. The standard InChI is InChI=1S/C24H22FN3O3/c1-30-15-12-18-16-17(6-8-22(18)29)21-7-9-24(27-26-21)28-13-10-19(11-14-28)31-23-5-3-2-4-20(23)25/h2-9,16,19,29H,10-11,13-14H2,1H3. The molecular weight excluding hydrogens is 397 g/mol. The van der Waals surface area contributed by atoms with Gasteiger partial charge in [-0.2, -0.15) is 0 Å². The molecule has 0 amide bonds. The van der Waals surface area contributed by atoms with Gasteiger partial charge in [0.25, 0.3) is 0 Å². The number of hydrogen-bond donors (Lipinski definition) is 1. The van der Waals surface area contributed by atoms with Crippen molar-refractivity contribution in [1.82, 2.24) is 10.2 Å². The first-order valence-electron chi connectivity index (χ1n) is 10.0. The third kappa shape index (κ3) is 4.86. The molecule has 31 heavy (non-hydrogen) atoms. The van der Waals surface area contributed by atoms with Crippen LogP contribution in [0.3, 0.4) is 0 Å². The molecule has 1 aliphatic heterocycles. The van der Waals surface area contributed by atoms with E-state index in [1.807, 2.05) is 12.1 Å². The highest BCUT2D eigenvalue weighted by Gasteiger charge is 2.22. The summed E-state index contributed by atoms with van der Waals surface area (Å²) in [6.45, 7) is 1.51. The van der Waals surface area contributed by atoms with E-state index in [0.29, 0.717) is 17.0 Å². The van der Waals surface area contributed by atoms with E-state index in [9.17, 15) is 9.50 Å². The SMILES string of the molecule is COC#Cc1cc(-c2ccc(N3CCC(Oc4ccccc4F)CC3)nn2)ccc1O. The van der Waals surface area contributed by atoms with E-state index in [4.69, 9.17) is 9.47 Å². The molecule has 158 valence electrons. The number of nitrogens with zero attached hydrogens (tertiary/aromatic N) is 3. The zero-order chi connectivity index (χ0) is 21.6. The van der Waals surface area contributed by atoms with Crippen molar-refractivity contribution in [3.05, 3.63) is 66.0 Å². The number of aromatic hydroxyl groups is 1. The number of phenols is 1. The normalized spacial score (nSPS) is 13.9. The largest absolute Gasteiger partial charge is 0.507 e. The third-order valence-electron chi connectivity index (χ3n) is 5.13. The first-order valence-corrected chi connectivity index (χ1v) is 10.0. The number of halogens is 1. The van der Waals surface area contributed by atoms with Gasteiger partial charge in [-0.3, -0.25) is 0 Å². The van der Waals surface area contributed by atoms with Crippen LogP contribution in [0.25, 0.3) is 11.3 Å². The highest BCUT2D eigenvalue weighted by atomic mass is 19.1. The predicted octanol–water partition coefficient (Wildman–Crippen LogP) is 3.99. The molecule has 1 aromatic heterocycles. The second-order valence-corrected chi connectivity index (χ2v) is 7.17. The summed E-state index contributed by atoms with van der Waals surface area (Å²) in [4.78, 5) is 2.14. The number of benzene rings is 2. The minimum Gasteiger partial charge on any atom is -0.507 e. The van der Waals surface area contributed by atoms with E-state index in [0.717, 1.165) is 37.3 Å². The number of phenolic OH excluding ortho intramolecular Hbond substituents is 1. The summed E-state index contributed by atoms with van der Waals surface area (Å²) in [6, 6.07) is 15.4. The van der Waals surface area contributed by atoms with Crippen LogP contribution in [0, 0.1) is 17.8 Å². The molecule has 7 heteroatoms. The van der Waals surface area contributed by atoms with Crippen LogP contribution in [0.15, 0.2) is 54.6 Å². The molecule has 1 N–H and O–H groups in total. The Hall–Kier alpha value is -3.79. The Bertz CT molecular complexity index is 1100. The highest BCUT2D eigenvalue weighted by molar-refractivity contribution is 5.64. The van der Waals surface area contributed by atoms with Gasteiger partial charge in [-0.15, -0.1) is 10.2 Å². The number of anilines is 1. The van der Waals surface area contributed by atoms with Crippen LogP contribution in [-0.2, 0) is 4.74 Å². The summed E-state index contributed by atoms with van der Waals surface area (Å²) in [5, 5.41) is 18.6. The monoisotopic (exact) mass is 419 g/mol. The van der Waals surface area contributed by atoms with Gasteiger partial charge in [0.2, 0.25) is 0 Å². The maximum atomic E-state index is 13.8. The number of methoxy groups -OCH3 is 1. The Kier molecular flexibility index (Phi) is 6.18. The molecule has 6 nitrogen and oxygen atoms in total. The van der Waals surface area contributed by atoms with Crippen LogP contribution in [0.5, 0.6) is 11.5 Å². The molecule has 2 heterocycles. The molecule has 1 fully saturated rings. The zero-order valence-electron chi connectivity index (χ0n) is 17.1. The molecule has 3 aromatic rings. The van der Waals surface area contributed by atoms with Crippen molar-refractivity contribution >= 4 is 5.82 Å². The van der Waals surface area contributed by atoms with Crippen LogP contribution in [0.2, 0.25) is 0 Å². The molecule has 1 saturated heterocycles. The minimum atomic E-state index is -0.336. The van der Waals surface area contributed by atoms with E-state index < -0.39 is 0 Å². The van der Waals surface area contributed by atoms with Crippen molar-refractivity contribution in [3.63, 3.8) is 0 Å². The second kappa shape index (κ2) is 9.35. The summed E-state index contributed by atoms with van der Waals surface area (Å²) in [6.07, 6.45) is 4.00. The van der Waals surface area contributed by atoms with Gasteiger partial charge in [-0.25, -0.2) is 4.39 Å². The first kappa shape index (κ1) is 20.5. The average Bonchev–Trinajstić information content (AvgIpc) is 2.81. The first-order chi connectivity index (χ1) is 15.1. The van der Waals surface area contributed by atoms with Gasteiger partial charge < -0.3 is 19.5 Å². The Morgan fingerprint density at radius 1 is 1.06 bits per heavy atom. The van der Waals surface area contributed by atoms with Crippen LogP contribution >= 0.6 is 0 Å². The lowest BCUT2D eigenvalue weighted by Gasteiger charge is -2.32.